The van der Waals surface area contributed by atoms with Crippen molar-refractivity contribution in [1.29, 1.82) is 0 Å². The van der Waals surface area contributed by atoms with Crippen LogP contribution < -0.4 is 4.90 Å². The Morgan fingerprint density at radius 3 is 2.70 bits per heavy atom. The first kappa shape index (κ1) is 12.6. The fourth-order valence-electron chi connectivity index (χ4n) is 2.30. The number of aryl methyl sites for hydroxylation is 1. The summed E-state index contributed by atoms with van der Waals surface area (Å²) in [5.74, 6) is 0.757. The summed E-state index contributed by atoms with van der Waals surface area (Å²) in [6, 6.07) is 0. The second-order valence-electron chi connectivity index (χ2n) is 4.53. The average molecular weight is 277 g/mol. The van der Waals surface area contributed by atoms with E-state index in [0.717, 1.165) is 5.82 Å². The summed E-state index contributed by atoms with van der Waals surface area (Å²) in [7, 11) is 3.18. The molecule has 106 valence electrons. The average Bonchev–Trinajstić information content (AvgIpc) is 2.88. The van der Waals surface area contributed by atoms with Crippen LogP contribution in [0.2, 0.25) is 0 Å². The van der Waals surface area contributed by atoms with E-state index in [-0.39, 0.29) is 6.09 Å². The van der Waals surface area contributed by atoms with Gasteiger partial charge in [-0.1, -0.05) is 5.21 Å². The van der Waals surface area contributed by atoms with Crippen molar-refractivity contribution in [2.75, 3.05) is 38.2 Å². The van der Waals surface area contributed by atoms with Crippen LogP contribution >= 0.6 is 0 Å². The third-order valence-corrected chi connectivity index (χ3v) is 3.38. The summed E-state index contributed by atoms with van der Waals surface area (Å²) in [6.45, 7) is 2.55. The highest BCUT2D eigenvalue weighted by molar-refractivity contribution is 5.82. The van der Waals surface area contributed by atoms with Crippen molar-refractivity contribution in [3.8, 4) is 0 Å². The van der Waals surface area contributed by atoms with Gasteiger partial charge in [-0.15, -0.1) is 5.10 Å². The molecule has 1 aliphatic heterocycles. The van der Waals surface area contributed by atoms with Crippen molar-refractivity contribution in [3.05, 3.63) is 6.33 Å². The van der Waals surface area contributed by atoms with Crippen LogP contribution in [-0.2, 0) is 11.8 Å². The standard InChI is InChI=1S/C11H15N7O2/c1-16-9-8(14-15-16)10(13-7-12-9)17-3-5-18(6-4-17)11(19)20-2/h7H,3-6H2,1-2H3. The summed E-state index contributed by atoms with van der Waals surface area (Å²) < 4.78 is 6.34. The second-order valence-corrected chi connectivity index (χ2v) is 4.53. The maximum Gasteiger partial charge on any atom is 0.409 e. The van der Waals surface area contributed by atoms with E-state index in [1.54, 1.807) is 16.6 Å². The Labute approximate surface area is 115 Å². The number of rotatable bonds is 1. The number of amides is 1. The van der Waals surface area contributed by atoms with E-state index < -0.39 is 0 Å². The number of methoxy groups -OCH3 is 1. The van der Waals surface area contributed by atoms with E-state index in [1.807, 2.05) is 0 Å². The Morgan fingerprint density at radius 1 is 1.25 bits per heavy atom. The molecule has 1 fully saturated rings. The highest BCUT2D eigenvalue weighted by atomic mass is 16.5. The molecule has 9 nitrogen and oxygen atoms in total. The van der Waals surface area contributed by atoms with Gasteiger partial charge in [0.2, 0.25) is 0 Å². The molecule has 0 aromatic carbocycles. The van der Waals surface area contributed by atoms with Crippen molar-refractivity contribution in [1.82, 2.24) is 29.9 Å². The predicted octanol–water partition coefficient (Wildman–Crippen LogP) is -0.353. The third kappa shape index (κ3) is 2.00. The Hall–Kier alpha value is -2.45. The largest absolute Gasteiger partial charge is 0.453 e. The van der Waals surface area contributed by atoms with Gasteiger partial charge in [0.25, 0.3) is 0 Å². The maximum atomic E-state index is 11.5. The number of aromatic nitrogens is 5. The smallest absolute Gasteiger partial charge is 0.409 e. The molecule has 0 aliphatic carbocycles. The minimum atomic E-state index is -0.294. The van der Waals surface area contributed by atoms with Gasteiger partial charge in [0.15, 0.2) is 17.0 Å². The molecular formula is C11H15N7O2. The van der Waals surface area contributed by atoms with E-state index in [9.17, 15) is 4.79 Å². The van der Waals surface area contributed by atoms with Crippen LogP contribution in [0.15, 0.2) is 6.33 Å². The predicted molar refractivity (Wildman–Crippen MR) is 70.3 cm³/mol. The number of nitrogens with zero attached hydrogens (tertiary/aromatic N) is 7. The fourth-order valence-corrected chi connectivity index (χ4v) is 2.30. The molecule has 2 aromatic rings. The zero-order chi connectivity index (χ0) is 14.1. The summed E-state index contributed by atoms with van der Waals surface area (Å²) >= 11 is 0. The van der Waals surface area contributed by atoms with Crippen LogP contribution in [0.3, 0.4) is 0 Å². The van der Waals surface area contributed by atoms with Crippen LogP contribution in [-0.4, -0.2) is 69.2 Å². The zero-order valence-electron chi connectivity index (χ0n) is 11.4. The molecule has 0 spiro atoms. The van der Waals surface area contributed by atoms with Crippen molar-refractivity contribution in [2.45, 2.75) is 0 Å². The number of anilines is 1. The number of fused-ring (bicyclic) bond motifs is 1. The van der Waals surface area contributed by atoms with Gasteiger partial charge in [-0.05, 0) is 0 Å². The quantitative estimate of drug-likeness (QED) is 0.703. The summed E-state index contributed by atoms with van der Waals surface area (Å²) in [5.41, 5.74) is 1.38. The van der Waals surface area contributed by atoms with Gasteiger partial charge in [0.1, 0.15) is 6.33 Å². The fraction of sp³-hybridized carbons (Fsp3) is 0.545. The van der Waals surface area contributed by atoms with Crippen LogP contribution in [0.4, 0.5) is 10.6 Å². The molecule has 20 heavy (non-hydrogen) atoms. The normalized spacial score (nSPS) is 15.7. The Morgan fingerprint density at radius 2 is 2.00 bits per heavy atom. The molecule has 0 N–H and O–H groups in total. The molecule has 0 saturated carbocycles. The first-order chi connectivity index (χ1) is 9.70. The zero-order valence-corrected chi connectivity index (χ0v) is 11.4. The molecule has 1 aliphatic rings. The lowest BCUT2D eigenvalue weighted by Gasteiger charge is -2.34. The minimum Gasteiger partial charge on any atom is -0.453 e. The maximum absolute atomic E-state index is 11.5. The van der Waals surface area contributed by atoms with Crippen LogP contribution in [0.25, 0.3) is 11.2 Å². The monoisotopic (exact) mass is 277 g/mol. The lowest BCUT2D eigenvalue weighted by Crippen LogP contribution is -2.49. The number of carbonyl (C=O) groups excluding carboxylic acids is 1. The molecule has 0 atom stereocenters. The molecule has 1 saturated heterocycles. The van der Waals surface area contributed by atoms with Gasteiger partial charge in [-0.25, -0.2) is 19.4 Å². The van der Waals surface area contributed by atoms with Gasteiger partial charge in [0.05, 0.1) is 7.11 Å². The highest BCUT2D eigenvalue weighted by Gasteiger charge is 2.24. The lowest BCUT2D eigenvalue weighted by atomic mass is 10.3. The lowest BCUT2D eigenvalue weighted by molar-refractivity contribution is 0.121. The van der Waals surface area contributed by atoms with Gasteiger partial charge >= 0.3 is 6.09 Å². The summed E-state index contributed by atoms with van der Waals surface area (Å²) in [6.07, 6.45) is 1.21. The molecule has 0 bridgehead atoms. The molecule has 3 rings (SSSR count). The molecule has 2 aromatic heterocycles. The van der Waals surface area contributed by atoms with Crippen molar-refractivity contribution >= 4 is 23.1 Å². The van der Waals surface area contributed by atoms with Crippen molar-refractivity contribution in [3.63, 3.8) is 0 Å². The first-order valence-corrected chi connectivity index (χ1v) is 6.29. The van der Waals surface area contributed by atoms with Gasteiger partial charge in [-0.3, -0.25) is 0 Å². The minimum absolute atomic E-state index is 0.294. The highest BCUT2D eigenvalue weighted by Crippen LogP contribution is 2.21. The number of carbonyl (C=O) groups is 1. The molecule has 9 heteroatoms. The van der Waals surface area contributed by atoms with Crippen molar-refractivity contribution in [2.24, 2.45) is 7.05 Å². The van der Waals surface area contributed by atoms with E-state index >= 15 is 0 Å². The number of piperazine rings is 1. The van der Waals surface area contributed by atoms with Crippen molar-refractivity contribution < 1.29 is 9.53 Å². The van der Waals surface area contributed by atoms with Crippen LogP contribution in [0, 0.1) is 0 Å². The molecule has 1 amide bonds. The van der Waals surface area contributed by atoms with Gasteiger partial charge in [0, 0.05) is 33.2 Å². The Bertz CT molecular complexity index is 633. The van der Waals surface area contributed by atoms with E-state index in [4.69, 9.17) is 4.74 Å². The van der Waals surface area contributed by atoms with Crippen LogP contribution in [0.1, 0.15) is 0 Å². The van der Waals surface area contributed by atoms with E-state index in [0.29, 0.717) is 37.3 Å². The number of hydrogen-bond donors (Lipinski definition) is 0. The van der Waals surface area contributed by atoms with E-state index in [1.165, 1.54) is 13.4 Å². The van der Waals surface area contributed by atoms with Gasteiger partial charge in [-0.2, -0.15) is 0 Å². The van der Waals surface area contributed by atoms with Gasteiger partial charge < -0.3 is 14.5 Å². The molecule has 0 unspecified atom stereocenters. The van der Waals surface area contributed by atoms with Crippen LogP contribution in [0.5, 0.6) is 0 Å². The SMILES string of the molecule is COC(=O)N1CCN(c2ncnc3c2nnn3C)CC1. The Balaban J connectivity index is 1.82. The first-order valence-electron chi connectivity index (χ1n) is 6.29. The summed E-state index contributed by atoms with van der Waals surface area (Å²) in [5, 5.41) is 8.07. The van der Waals surface area contributed by atoms with E-state index in [2.05, 4.69) is 25.2 Å². The second kappa shape index (κ2) is 4.91. The number of hydrogen-bond acceptors (Lipinski definition) is 7. The molecular weight excluding hydrogens is 262 g/mol. The third-order valence-electron chi connectivity index (χ3n) is 3.38. The molecule has 3 heterocycles. The summed E-state index contributed by atoms with van der Waals surface area (Å²) in [4.78, 5) is 23.7. The molecule has 0 radical (unpaired) electrons. The number of ether oxygens (including phenoxy) is 1. The topological polar surface area (TPSA) is 89.3 Å². The Kier molecular flexibility index (Phi) is 3.09.